The van der Waals surface area contributed by atoms with Gasteiger partial charge in [0.1, 0.15) is 0 Å². The number of nitro groups is 1. The van der Waals surface area contributed by atoms with Crippen LogP contribution in [0.25, 0.3) is 6.08 Å². The minimum absolute atomic E-state index is 0.0265. The number of hydrogen-bond donors (Lipinski definition) is 0. The first-order valence-corrected chi connectivity index (χ1v) is 6.94. The van der Waals surface area contributed by atoms with Gasteiger partial charge in [-0.3, -0.25) is 10.1 Å². The van der Waals surface area contributed by atoms with E-state index in [4.69, 9.17) is 16.3 Å². The average molecular weight is 329 g/mol. The van der Waals surface area contributed by atoms with E-state index in [1.165, 1.54) is 30.3 Å². The van der Waals surface area contributed by atoms with E-state index in [1.54, 1.807) is 24.3 Å². The number of esters is 1. The van der Waals surface area contributed by atoms with Gasteiger partial charge in [-0.05, 0) is 35.9 Å². The third kappa shape index (κ3) is 3.12. The van der Waals surface area contributed by atoms with Crippen molar-refractivity contribution in [2.75, 3.05) is 0 Å². The summed E-state index contributed by atoms with van der Waals surface area (Å²) in [5, 5.41) is 11.0. The lowest BCUT2D eigenvalue weighted by Crippen LogP contribution is -2.05. The molecule has 114 valence electrons. The molecule has 6 nitrogen and oxygen atoms in total. The van der Waals surface area contributed by atoms with Crippen LogP contribution in [0.2, 0.25) is 5.02 Å². The second kappa shape index (κ2) is 6.02. The Morgan fingerprint density at radius 1 is 1.13 bits per heavy atom. The third-order valence-electron chi connectivity index (χ3n) is 3.13. The first kappa shape index (κ1) is 14.9. The van der Waals surface area contributed by atoms with Crippen LogP contribution < -0.4 is 0 Å². The van der Waals surface area contributed by atoms with Crippen LogP contribution in [0.15, 0.2) is 59.2 Å². The van der Waals surface area contributed by atoms with Crippen molar-refractivity contribution >= 4 is 35.2 Å². The SMILES string of the molecule is O=C1OC(c2ccccc2Cl)=N/C1=C\c1ccc([N+](=O)[O-])cc1. The van der Waals surface area contributed by atoms with Gasteiger partial charge in [0.05, 0.1) is 15.5 Å². The van der Waals surface area contributed by atoms with Crippen molar-refractivity contribution in [2.24, 2.45) is 4.99 Å². The van der Waals surface area contributed by atoms with Crippen molar-refractivity contribution in [1.82, 2.24) is 0 Å². The fraction of sp³-hybridized carbons (Fsp3) is 0. The molecule has 0 fully saturated rings. The molecule has 0 aromatic heterocycles. The van der Waals surface area contributed by atoms with Crippen LogP contribution in [-0.2, 0) is 9.53 Å². The van der Waals surface area contributed by atoms with Gasteiger partial charge in [-0.15, -0.1) is 0 Å². The molecule has 1 aliphatic rings. The van der Waals surface area contributed by atoms with Gasteiger partial charge >= 0.3 is 5.97 Å². The van der Waals surface area contributed by atoms with Crippen LogP contribution in [0.3, 0.4) is 0 Å². The largest absolute Gasteiger partial charge is 0.402 e. The molecule has 0 spiro atoms. The van der Waals surface area contributed by atoms with Gasteiger partial charge in [0, 0.05) is 12.1 Å². The van der Waals surface area contributed by atoms with Crippen LogP contribution in [-0.4, -0.2) is 16.8 Å². The minimum atomic E-state index is -0.599. The second-order valence-electron chi connectivity index (χ2n) is 4.66. The number of nitrogens with zero attached hydrogens (tertiary/aromatic N) is 2. The highest BCUT2D eigenvalue weighted by Crippen LogP contribution is 2.24. The van der Waals surface area contributed by atoms with Crippen LogP contribution >= 0.6 is 11.6 Å². The number of nitro benzene ring substituents is 1. The number of non-ortho nitro benzene ring substituents is 1. The molecule has 0 atom stereocenters. The van der Waals surface area contributed by atoms with E-state index < -0.39 is 10.9 Å². The molecule has 0 N–H and O–H groups in total. The number of benzene rings is 2. The highest BCUT2D eigenvalue weighted by molar-refractivity contribution is 6.34. The summed E-state index contributed by atoms with van der Waals surface area (Å²) in [6.07, 6.45) is 1.50. The van der Waals surface area contributed by atoms with Crippen molar-refractivity contribution in [3.05, 3.63) is 80.5 Å². The molecule has 0 aliphatic carbocycles. The lowest BCUT2D eigenvalue weighted by Gasteiger charge is -2.00. The van der Waals surface area contributed by atoms with Crippen LogP contribution in [0.1, 0.15) is 11.1 Å². The van der Waals surface area contributed by atoms with E-state index in [0.717, 1.165) is 0 Å². The summed E-state index contributed by atoms with van der Waals surface area (Å²) in [7, 11) is 0. The fourth-order valence-electron chi connectivity index (χ4n) is 2.01. The number of rotatable bonds is 3. The molecule has 7 heteroatoms. The number of carbonyl (C=O) groups is 1. The summed E-state index contributed by atoms with van der Waals surface area (Å²) >= 11 is 6.05. The smallest absolute Gasteiger partial charge is 0.363 e. The number of halogens is 1. The van der Waals surface area contributed by atoms with Gasteiger partial charge in [0.25, 0.3) is 5.69 Å². The molecule has 0 amide bonds. The summed E-state index contributed by atoms with van der Waals surface area (Å²) in [6.45, 7) is 0. The molecule has 0 unspecified atom stereocenters. The first-order valence-electron chi connectivity index (χ1n) is 6.56. The van der Waals surface area contributed by atoms with E-state index in [9.17, 15) is 14.9 Å². The number of carbonyl (C=O) groups excluding carboxylic acids is 1. The standard InChI is InChI=1S/C16H9ClN2O4/c17-13-4-2-1-3-12(13)15-18-14(16(20)23-15)9-10-5-7-11(8-6-10)19(21)22/h1-9H/b14-9-. The number of cyclic esters (lactones) is 1. The highest BCUT2D eigenvalue weighted by Gasteiger charge is 2.25. The van der Waals surface area contributed by atoms with Gasteiger partial charge < -0.3 is 4.74 Å². The lowest BCUT2D eigenvalue weighted by molar-refractivity contribution is -0.384. The van der Waals surface area contributed by atoms with Crippen molar-refractivity contribution in [3.8, 4) is 0 Å². The Morgan fingerprint density at radius 2 is 1.83 bits per heavy atom. The van der Waals surface area contributed by atoms with Crippen molar-refractivity contribution < 1.29 is 14.5 Å². The van der Waals surface area contributed by atoms with Gasteiger partial charge in [-0.2, -0.15) is 0 Å². The van der Waals surface area contributed by atoms with E-state index in [2.05, 4.69) is 4.99 Å². The molecule has 0 saturated heterocycles. The van der Waals surface area contributed by atoms with Crippen molar-refractivity contribution in [2.45, 2.75) is 0 Å². The summed E-state index contributed by atoms with van der Waals surface area (Å²) < 4.78 is 5.13. The third-order valence-corrected chi connectivity index (χ3v) is 3.46. The maximum atomic E-state index is 11.9. The molecule has 23 heavy (non-hydrogen) atoms. The first-order chi connectivity index (χ1) is 11.0. The monoisotopic (exact) mass is 328 g/mol. The molecule has 0 bridgehead atoms. The van der Waals surface area contributed by atoms with E-state index in [0.29, 0.717) is 16.1 Å². The Labute approximate surface area is 135 Å². The van der Waals surface area contributed by atoms with Gasteiger partial charge in [0.15, 0.2) is 5.70 Å². The maximum Gasteiger partial charge on any atom is 0.363 e. The van der Waals surface area contributed by atoms with Crippen LogP contribution in [0, 0.1) is 10.1 Å². The molecule has 1 aliphatic heterocycles. The molecular weight excluding hydrogens is 320 g/mol. The fourth-order valence-corrected chi connectivity index (χ4v) is 2.23. The Bertz CT molecular complexity index is 857. The molecule has 2 aromatic rings. The summed E-state index contributed by atoms with van der Waals surface area (Å²) in [4.78, 5) is 26.2. The normalized spacial score (nSPS) is 15.4. The Hall–Kier alpha value is -2.99. The zero-order valence-electron chi connectivity index (χ0n) is 11.6. The summed E-state index contributed by atoms with van der Waals surface area (Å²) in [6, 6.07) is 12.7. The topological polar surface area (TPSA) is 81.8 Å². The predicted octanol–water partition coefficient (Wildman–Crippen LogP) is 3.59. The number of hydrogen-bond acceptors (Lipinski definition) is 5. The predicted molar refractivity (Wildman–Crippen MR) is 85.2 cm³/mol. The molecule has 2 aromatic carbocycles. The van der Waals surface area contributed by atoms with Gasteiger partial charge in [0.2, 0.25) is 5.90 Å². The van der Waals surface area contributed by atoms with Crippen LogP contribution in [0.4, 0.5) is 5.69 Å². The van der Waals surface area contributed by atoms with E-state index in [1.807, 2.05) is 0 Å². The Balaban J connectivity index is 1.92. The van der Waals surface area contributed by atoms with Gasteiger partial charge in [-0.25, -0.2) is 9.79 Å². The molecule has 0 radical (unpaired) electrons. The summed E-state index contributed by atoms with van der Waals surface area (Å²) in [5.74, 6) is -0.466. The van der Waals surface area contributed by atoms with Gasteiger partial charge in [-0.1, -0.05) is 23.7 Å². The molecule has 1 heterocycles. The van der Waals surface area contributed by atoms with E-state index >= 15 is 0 Å². The van der Waals surface area contributed by atoms with Crippen molar-refractivity contribution in [3.63, 3.8) is 0 Å². The quantitative estimate of drug-likeness (QED) is 0.373. The number of aliphatic imine (C=N–C) groups is 1. The molecule has 0 saturated carbocycles. The zero-order valence-corrected chi connectivity index (χ0v) is 12.4. The minimum Gasteiger partial charge on any atom is -0.402 e. The maximum absolute atomic E-state index is 11.9. The second-order valence-corrected chi connectivity index (χ2v) is 5.07. The molecule has 3 rings (SSSR count). The Morgan fingerprint density at radius 3 is 2.48 bits per heavy atom. The van der Waals surface area contributed by atoms with Crippen molar-refractivity contribution in [1.29, 1.82) is 0 Å². The highest BCUT2D eigenvalue weighted by atomic mass is 35.5. The molecular formula is C16H9ClN2O4. The Kier molecular flexibility index (Phi) is 3.91. The summed E-state index contributed by atoms with van der Waals surface area (Å²) in [5.41, 5.74) is 1.21. The van der Waals surface area contributed by atoms with Crippen LogP contribution in [0.5, 0.6) is 0 Å². The number of ether oxygens (including phenoxy) is 1. The lowest BCUT2D eigenvalue weighted by atomic mass is 10.2. The zero-order chi connectivity index (χ0) is 16.4. The average Bonchev–Trinajstić information content (AvgIpc) is 2.89. The van der Waals surface area contributed by atoms with E-state index in [-0.39, 0.29) is 17.3 Å².